The van der Waals surface area contributed by atoms with Crippen LogP contribution in [0.2, 0.25) is 0 Å². The first-order valence-corrected chi connectivity index (χ1v) is 7.20. The van der Waals surface area contributed by atoms with E-state index in [0.29, 0.717) is 31.1 Å². The summed E-state index contributed by atoms with van der Waals surface area (Å²) in [6.07, 6.45) is 3.23. The number of hydrogen-bond acceptors (Lipinski definition) is 4. The van der Waals surface area contributed by atoms with E-state index in [2.05, 4.69) is 4.98 Å². The van der Waals surface area contributed by atoms with Crippen LogP contribution in [0.25, 0.3) is 0 Å². The van der Waals surface area contributed by atoms with Crippen LogP contribution in [0.5, 0.6) is 5.88 Å². The van der Waals surface area contributed by atoms with Crippen LogP contribution in [0.15, 0.2) is 18.3 Å². The number of aliphatic carboxylic acids is 1. The summed E-state index contributed by atoms with van der Waals surface area (Å²) in [7, 11) is 0. The Morgan fingerprint density at radius 1 is 1.43 bits per heavy atom. The van der Waals surface area contributed by atoms with Gasteiger partial charge in [-0.15, -0.1) is 0 Å². The van der Waals surface area contributed by atoms with Crippen LogP contribution in [0.3, 0.4) is 0 Å². The Balaban J connectivity index is 2.00. The van der Waals surface area contributed by atoms with Crippen molar-refractivity contribution in [1.82, 2.24) is 9.88 Å². The number of carboxylic acids is 1. The second kappa shape index (κ2) is 7.06. The van der Waals surface area contributed by atoms with E-state index in [9.17, 15) is 9.59 Å². The predicted molar refractivity (Wildman–Crippen MR) is 76.3 cm³/mol. The molecule has 1 aromatic rings. The van der Waals surface area contributed by atoms with Crippen LogP contribution in [-0.4, -0.2) is 46.6 Å². The number of likely N-dealkylation sites (tertiary alicyclic amines) is 1. The molecule has 21 heavy (non-hydrogen) atoms. The van der Waals surface area contributed by atoms with Gasteiger partial charge in [0.2, 0.25) is 5.88 Å². The summed E-state index contributed by atoms with van der Waals surface area (Å²) in [4.78, 5) is 29.1. The smallest absolute Gasteiger partial charge is 0.303 e. The Kier molecular flexibility index (Phi) is 5.14. The van der Waals surface area contributed by atoms with Gasteiger partial charge in [0, 0.05) is 25.7 Å². The molecule has 1 N–H and O–H groups in total. The highest BCUT2D eigenvalue weighted by atomic mass is 16.5. The molecule has 0 bridgehead atoms. The van der Waals surface area contributed by atoms with Gasteiger partial charge in [-0.1, -0.05) is 0 Å². The minimum Gasteiger partial charge on any atom is -0.481 e. The Labute approximate surface area is 123 Å². The number of piperidine rings is 1. The zero-order valence-corrected chi connectivity index (χ0v) is 12.1. The molecule has 2 rings (SSSR count). The molecule has 1 amide bonds. The van der Waals surface area contributed by atoms with Crippen LogP contribution in [0, 0.1) is 5.92 Å². The topological polar surface area (TPSA) is 79.7 Å². The van der Waals surface area contributed by atoms with Gasteiger partial charge in [0.1, 0.15) is 5.56 Å². The molecule has 1 saturated heterocycles. The normalized spacial score (nSPS) is 15.8. The number of pyridine rings is 1. The summed E-state index contributed by atoms with van der Waals surface area (Å²) >= 11 is 0. The molecule has 0 atom stereocenters. The molecular formula is C15H20N2O4. The van der Waals surface area contributed by atoms with E-state index in [0.717, 1.165) is 12.8 Å². The van der Waals surface area contributed by atoms with E-state index in [4.69, 9.17) is 9.84 Å². The zero-order chi connectivity index (χ0) is 15.2. The fourth-order valence-corrected chi connectivity index (χ4v) is 2.56. The first-order valence-electron chi connectivity index (χ1n) is 7.20. The molecule has 1 fully saturated rings. The van der Waals surface area contributed by atoms with Gasteiger partial charge in [-0.2, -0.15) is 0 Å². The first kappa shape index (κ1) is 15.3. The van der Waals surface area contributed by atoms with E-state index >= 15 is 0 Å². The zero-order valence-electron chi connectivity index (χ0n) is 12.1. The molecule has 6 heteroatoms. The van der Waals surface area contributed by atoms with E-state index in [1.54, 1.807) is 23.2 Å². The second-order valence-electron chi connectivity index (χ2n) is 5.12. The van der Waals surface area contributed by atoms with Crippen LogP contribution >= 0.6 is 0 Å². The second-order valence-corrected chi connectivity index (χ2v) is 5.12. The third-order valence-electron chi connectivity index (χ3n) is 3.65. The monoisotopic (exact) mass is 292 g/mol. The summed E-state index contributed by atoms with van der Waals surface area (Å²) in [6, 6.07) is 3.43. The van der Waals surface area contributed by atoms with Crippen LogP contribution in [-0.2, 0) is 4.79 Å². The van der Waals surface area contributed by atoms with Gasteiger partial charge in [-0.25, -0.2) is 4.98 Å². The van der Waals surface area contributed by atoms with Crippen molar-refractivity contribution in [2.75, 3.05) is 19.7 Å². The summed E-state index contributed by atoms with van der Waals surface area (Å²) in [5.74, 6) is -0.351. The summed E-state index contributed by atoms with van der Waals surface area (Å²) in [6.45, 7) is 3.47. The number of carbonyl (C=O) groups is 2. The van der Waals surface area contributed by atoms with E-state index < -0.39 is 5.97 Å². The van der Waals surface area contributed by atoms with Gasteiger partial charge in [-0.05, 0) is 37.8 Å². The quantitative estimate of drug-likeness (QED) is 0.895. The summed E-state index contributed by atoms with van der Waals surface area (Å²) in [5, 5.41) is 8.81. The maximum Gasteiger partial charge on any atom is 0.303 e. The Morgan fingerprint density at radius 2 is 2.14 bits per heavy atom. The largest absolute Gasteiger partial charge is 0.481 e. The third-order valence-corrected chi connectivity index (χ3v) is 3.65. The number of carboxylic acid groups (broad SMARTS) is 1. The number of hydrogen-bond donors (Lipinski definition) is 1. The van der Waals surface area contributed by atoms with Crippen molar-refractivity contribution >= 4 is 11.9 Å². The molecule has 1 aliphatic rings. The predicted octanol–water partition coefficient (Wildman–Crippen LogP) is 1.81. The van der Waals surface area contributed by atoms with Gasteiger partial charge in [0.05, 0.1) is 6.61 Å². The Hall–Kier alpha value is -2.11. The number of amides is 1. The molecule has 1 aliphatic heterocycles. The van der Waals surface area contributed by atoms with Crippen molar-refractivity contribution in [3.8, 4) is 5.88 Å². The minimum atomic E-state index is -0.773. The molecule has 0 aromatic carbocycles. The Morgan fingerprint density at radius 3 is 2.76 bits per heavy atom. The highest BCUT2D eigenvalue weighted by molar-refractivity contribution is 5.96. The lowest BCUT2D eigenvalue weighted by molar-refractivity contribution is -0.138. The van der Waals surface area contributed by atoms with Crippen molar-refractivity contribution in [2.45, 2.75) is 26.2 Å². The van der Waals surface area contributed by atoms with E-state index in [1.807, 2.05) is 6.92 Å². The van der Waals surface area contributed by atoms with E-state index in [-0.39, 0.29) is 18.2 Å². The van der Waals surface area contributed by atoms with Gasteiger partial charge in [0.15, 0.2) is 0 Å². The number of rotatable bonds is 5. The molecule has 114 valence electrons. The maximum atomic E-state index is 12.5. The highest BCUT2D eigenvalue weighted by Gasteiger charge is 2.26. The fourth-order valence-electron chi connectivity index (χ4n) is 2.56. The van der Waals surface area contributed by atoms with Crippen molar-refractivity contribution in [2.24, 2.45) is 5.92 Å². The molecule has 0 radical (unpaired) electrons. The van der Waals surface area contributed by atoms with Crippen LogP contribution in [0.4, 0.5) is 0 Å². The highest BCUT2D eigenvalue weighted by Crippen LogP contribution is 2.24. The lowest BCUT2D eigenvalue weighted by atomic mass is 9.93. The molecule has 0 aliphatic carbocycles. The molecule has 0 saturated carbocycles. The first-order chi connectivity index (χ1) is 10.1. The summed E-state index contributed by atoms with van der Waals surface area (Å²) < 4.78 is 5.39. The van der Waals surface area contributed by atoms with Gasteiger partial charge >= 0.3 is 5.97 Å². The number of aromatic nitrogens is 1. The van der Waals surface area contributed by atoms with E-state index in [1.165, 1.54) is 0 Å². The molecule has 1 aromatic heterocycles. The van der Waals surface area contributed by atoms with Gasteiger partial charge < -0.3 is 14.7 Å². The number of nitrogens with zero attached hydrogens (tertiary/aromatic N) is 2. The lowest BCUT2D eigenvalue weighted by Crippen LogP contribution is -2.39. The van der Waals surface area contributed by atoms with Crippen molar-refractivity contribution < 1.29 is 19.4 Å². The minimum absolute atomic E-state index is 0.0969. The fraction of sp³-hybridized carbons (Fsp3) is 0.533. The number of ether oxygens (including phenoxy) is 1. The van der Waals surface area contributed by atoms with Gasteiger partial charge in [-0.3, -0.25) is 9.59 Å². The average molecular weight is 292 g/mol. The van der Waals surface area contributed by atoms with Gasteiger partial charge in [0.25, 0.3) is 5.91 Å². The third kappa shape index (κ3) is 3.93. The van der Waals surface area contributed by atoms with Crippen molar-refractivity contribution in [3.05, 3.63) is 23.9 Å². The lowest BCUT2D eigenvalue weighted by Gasteiger charge is -2.31. The molecule has 6 nitrogen and oxygen atoms in total. The maximum absolute atomic E-state index is 12.5. The van der Waals surface area contributed by atoms with Crippen molar-refractivity contribution in [1.29, 1.82) is 0 Å². The average Bonchev–Trinajstić information content (AvgIpc) is 2.48. The summed E-state index contributed by atoms with van der Waals surface area (Å²) in [5.41, 5.74) is 0.469. The van der Waals surface area contributed by atoms with Crippen LogP contribution in [0.1, 0.15) is 36.5 Å². The molecule has 0 unspecified atom stereocenters. The number of carbonyl (C=O) groups excluding carboxylic acids is 1. The van der Waals surface area contributed by atoms with Crippen molar-refractivity contribution in [3.63, 3.8) is 0 Å². The Bertz CT molecular complexity index is 510. The standard InChI is InChI=1S/C15H20N2O4/c1-2-21-14-12(4-3-7-16-14)15(20)17-8-5-11(6-9-17)10-13(18)19/h3-4,7,11H,2,5-6,8-10H2,1H3,(H,18,19). The van der Waals surface area contributed by atoms with Crippen LogP contribution < -0.4 is 4.74 Å². The molecule has 2 heterocycles. The molecular weight excluding hydrogens is 272 g/mol. The SMILES string of the molecule is CCOc1ncccc1C(=O)N1CCC(CC(=O)O)CC1. The molecule has 0 spiro atoms.